The molecule has 3 aliphatic carbocycles. The minimum atomic E-state index is -0.317. The SMILES string of the molecule is COc1ccc(C(=O)/C=C/C(=O)N[C@H]2C[C@H](Nc3ccc(Nc4ncc5cc(C(=O)N(C)CC6CCC(n7c(C(=O)N(C)C)cc8cnc(Nc9ccc(N%10CCN(C(=O)/C=C/C(=O)c%11ccc(OC)cc%11)C[C@H]%10C)cn9)nc87)C6)n(C6CCCC6)c5n4)nc3)C2)cc1. The number of aromatic nitrogens is 8. The quantitative estimate of drug-likeness (QED) is 0.0363. The number of carbonyl (C=O) groups excluding carboxylic acids is 6. The molecule has 2 unspecified atom stereocenters. The molecule has 6 aromatic heterocycles. The average Bonchev–Trinajstić information content (AvgIpc) is 1.64. The molecule has 0 radical (unpaired) electrons. The van der Waals surface area contributed by atoms with Crippen molar-refractivity contribution in [1.29, 1.82) is 0 Å². The summed E-state index contributed by atoms with van der Waals surface area (Å²) in [5, 5.41) is 14.5. The van der Waals surface area contributed by atoms with E-state index < -0.39 is 0 Å². The zero-order valence-corrected chi connectivity index (χ0v) is 53.0. The van der Waals surface area contributed by atoms with Gasteiger partial charge in [-0.2, -0.15) is 9.97 Å². The summed E-state index contributed by atoms with van der Waals surface area (Å²) in [6.07, 6.45) is 20.0. The topological polar surface area (TPSA) is 269 Å². The lowest BCUT2D eigenvalue weighted by Crippen LogP contribution is -2.53. The van der Waals surface area contributed by atoms with Gasteiger partial charge < -0.3 is 59.5 Å². The molecule has 8 aromatic rings. The number of fused-ring (bicyclic) bond motifs is 2. The fourth-order valence-electron chi connectivity index (χ4n) is 13.1. The summed E-state index contributed by atoms with van der Waals surface area (Å²) in [5.41, 5.74) is 5.07. The van der Waals surface area contributed by atoms with E-state index in [0.29, 0.717) is 95.0 Å². The molecular formula is C69H76N16O8. The van der Waals surface area contributed by atoms with Crippen LogP contribution in [0.1, 0.15) is 118 Å². The Hall–Kier alpha value is -10.5. The molecule has 0 spiro atoms. The highest BCUT2D eigenvalue weighted by Crippen LogP contribution is 2.40. The van der Waals surface area contributed by atoms with Crippen molar-refractivity contribution in [2.45, 2.75) is 94.9 Å². The smallest absolute Gasteiger partial charge is 0.270 e. The van der Waals surface area contributed by atoms with E-state index >= 15 is 0 Å². The molecule has 480 valence electrons. The molecule has 93 heavy (non-hydrogen) atoms. The van der Waals surface area contributed by atoms with Crippen LogP contribution in [0.2, 0.25) is 0 Å². The number of methoxy groups -OCH3 is 2. The highest BCUT2D eigenvalue weighted by atomic mass is 16.5. The van der Waals surface area contributed by atoms with Crippen LogP contribution in [-0.2, 0) is 9.59 Å². The third kappa shape index (κ3) is 14.2. The van der Waals surface area contributed by atoms with Crippen LogP contribution in [-0.4, -0.2) is 169 Å². The summed E-state index contributed by atoms with van der Waals surface area (Å²) >= 11 is 0. The molecule has 4 fully saturated rings. The van der Waals surface area contributed by atoms with Crippen LogP contribution in [0.5, 0.6) is 11.5 Å². The molecule has 7 heterocycles. The molecule has 3 atom stereocenters. The standard InChI is InChI=1S/C69H76N16O8/c1-42-40-82(63(89)28-24-59(87)45-14-21-55(93-6)22-15-45)29-30-83(42)53-18-26-61(71-39-53)77-69-72-36-46-32-56(66(90)80(2)3)85(65(46)79-69)52-17-11-43(31-52)41-81(4)67(91)57-33-47-37-73-68(78-64(47)84(57)51-9-7-8-10-51)76-60-25-16-48(38-70-60)74-49-34-50(35-49)75-62(88)27-23-58(86)44-12-19-54(92-5)20-13-44/h12-16,18-28,32-33,36-39,42-43,49-52,74H,7-11,17,29-31,34-35,40-41H2,1-6H3,(H,75,88)(H,70,73,76,78)(H,71,72,77,79)/b27-23+,28-24+/t42-,43?,49-,50-,52?/m1/s1. The summed E-state index contributed by atoms with van der Waals surface area (Å²) in [5.74, 6) is 1.91. The first-order valence-electron chi connectivity index (χ1n) is 31.6. The number of allylic oxidation sites excluding steroid dienone is 2. The third-order valence-electron chi connectivity index (χ3n) is 18.1. The number of hydrogen-bond donors (Lipinski definition) is 4. The number of ketones is 2. The van der Waals surface area contributed by atoms with Crippen molar-refractivity contribution in [1.82, 2.24) is 59.1 Å². The predicted octanol–water partition coefficient (Wildman–Crippen LogP) is 9.38. The van der Waals surface area contributed by atoms with Crippen molar-refractivity contribution in [3.05, 3.63) is 157 Å². The van der Waals surface area contributed by atoms with E-state index in [1.54, 1.807) is 111 Å². The Balaban J connectivity index is 0.655. The fourth-order valence-corrected chi connectivity index (χ4v) is 13.1. The van der Waals surface area contributed by atoms with Crippen LogP contribution in [0.4, 0.5) is 34.9 Å². The van der Waals surface area contributed by atoms with Crippen LogP contribution in [0.15, 0.2) is 134 Å². The van der Waals surface area contributed by atoms with E-state index in [4.69, 9.17) is 24.4 Å². The maximum atomic E-state index is 14.8. The minimum Gasteiger partial charge on any atom is -0.497 e. The Bertz CT molecular complexity index is 4140. The molecular weight excluding hydrogens is 1180 g/mol. The summed E-state index contributed by atoms with van der Waals surface area (Å²) in [7, 11) is 8.47. The lowest BCUT2D eigenvalue weighted by atomic mass is 9.86. The summed E-state index contributed by atoms with van der Waals surface area (Å²) in [4.78, 5) is 116. The number of amides is 4. The van der Waals surface area contributed by atoms with Crippen LogP contribution in [0, 0.1) is 5.92 Å². The van der Waals surface area contributed by atoms with Gasteiger partial charge in [0.2, 0.25) is 23.7 Å². The molecule has 1 saturated heterocycles. The number of piperazine rings is 1. The van der Waals surface area contributed by atoms with Gasteiger partial charge in [-0.1, -0.05) is 12.8 Å². The fraction of sp³-hybridized carbons (Fsp3) is 0.362. The van der Waals surface area contributed by atoms with E-state index in [1.807, 2.05) is 48.3 Å². The maximum Gasteiger partial charge on any atom is 0.270 e. The van der Waals surface area contributed by atoms with E-state index in [0.717, 1.165) is 79.9 Å². The van der Waals surface area contributed by atoms with Crippen molar-refractivity contribution in [2.75, 3.05) is 82.4 Å². The van der Waals surface area contributed by atoms with Crippen molar-refractivity contribution < 1.29 is 38.2 Å². The molecule has 4 amide bonds. The molecule has 24 heteroatoms. The molecule has 3 saturated carbocycles. The van der Waals surface area contributed by atoms with Gasteiger partial charge in [0.1, 0.15) is 45.8 Å². The number of benzene rings is 2. The third-order valence-corrected chi connectivity index (χ3v) is 18.1. The molecule has 12 rings (SSSR count). The Morgan fingerprint density at radius 3 is 1.74 bits per heavy atom. The summed E-state index contributed by atoms with van der Waals surface area (Å²) in [6.45, 7) is 4.09. The highest BCUT2D eigenvalue weighted by Gasteiger charge is 2.35. The predicted molar refractivity (Wildman–Crippen MR) is 354 cm³/mol. The number of rotatable bonds is 22. The first-order valence-corrected chi connectivity index (χ1v) is 31.6. The number of nitrogens with zero attached hydrogens (tertiary/aromatic N) is 12. The van der Waals surface area contributed by atoms with Crippen LogP contribution < -0.4 is 35.6 Å². The summed E-state index contributed by atoms with van der Waals surface area (Å²) < 4.78 is 14.5. The normalized spacial score (nSPS) is 19.0. The number of carbonyl (C=O) groups is 6. The van der Waals surface area contributed by atoms with Gasteiger partial charge in [-0.05, 0) is 155 Å². The molecule has 24 nitrogen and oxygen atoms in total. The van der Waals surface area contributed by atoms with Gasteiger partial charge in [-0.3, -0.25) is 28.8 Å². The van der Waals surface area contributed by atoms with Gasteiger partial charge in [0.15, 0.2) is 11.6 Å². The van der Waals surface area contributed by atoms with Crippen LogP contribution in [0.25, 0.3) is 22.1 Å². The highest BCUT2D eigenvalue weighted by molar-refractivity contribution is 6.08. The first-order chi connectivity index (χ1) is 45.0. The second-order valence-electron chi connectivity index (χ2n) is 24.7. The lowest BCUT2D eigenvalue weighted by Gasteiger charge is -2.40. The van der Waals surface area contributed by atoms with E-state index in [1.165, 1.54) is 24.3 Å². The Labute approximate surface area is 538 Å². The monoisotopic (exact) mass is 1260 g/mol. The maximum absolute atomic E-state index is 14.8. The number of nitrogens with one attached hydrogen (secondary N) is 4. The van der Waals surface area contributed by atoms with Crippen LogP contribution >= 0.6 is 0 Å². The van der Waals surface area contributed by atoms with Gasteiger partial charge in [0.05, 0.1) is 38.0 Å². The number of hydrogen-bond acceptors (Lipinski definition) is 18. The van der Waals surface area contributed by atoms with Crippen LogP contribution in [0.3, 0.4) is 0 Å². The number of pyridine rings is 2. The van der Waals surface area contributed by atoms with Gasteiger partial charge in [-0.15, -0.1) is 0 Å². The Morgan fingerprint density at radius 1 is 0.602 bits per heavy atom. The minimum absolute atomic E-state index is 0.0188. The molecule has 0 bridgehead atoms. The second-order valence-corrected chi connectivity index (χ2v) is 24.7. The lowest BCUT2D eigenvalue weighted by molar-refractivity contribution is -0.126. The van der Waals surface area contributed by atoms with Gasteiger partial charge >= 0.3 is 0 Å². The molecule has 1 aliphatic heterocycles. The molecule has 4 N–H and O–H groups in total. The summed E-state index contributed by atoms with van der Waals surface area (Å²) in [6, 6.07) is 25.0. The first kappa shape index (κ1) is 62.7. The van der Waals surface area contributed by atoms with Crippen molar-refractivity contribution in [2.24, 2.45) is 5.92 Å². The van der Waals surface area contributed by atoms with E-state index in [-0.39, 0.29) is 71.3 Å². The van der Waals surface area contributed by atoms with Crippen molar-refractivity contribution >= 4 is 92.2 Å². The van der Waals surface area contributed by atoms with E-state index in [9.17, 15) is 28.8 Å². The van der Waals surface area contributed by atoms with Gasteiger partial charge in [-0.25, -0.2) is 19.9 Å². The Kier molecular flexibility index (Phi) is 18.5. The second kappa shape index (κ2) is 27.5. The zero-order chi connectivity index (χ0) is 64.9. The van der Waals surface area contributed by atoms with Crippen molar-refractivity contribution in [3.8, 4) is 11.5 Å². The average molecular weight is 1260 g/mol. The number of ether oxygens (including phenoxy) is 2. The Morgan fingerprint density at radius 2 is 1.18 bits per heavy atom. The van der Waals surface area contributed by atoms with Crippen molar-refractivity contribution in [3.63, 3.8) is 0 Å². The number of anilines is 6. The zero-order valence-electron chi connectivity index (χ0n) is 53.0. The van der Waals surface area contributed by atoms with Gasteiger partial charge in [0.25, 0.3) is 11.8 Å². The largest absolute Gasteiger partial charge is 0.497 e. The van der Waals surface area contributed by atoms with Gasteiger partial charge in [0, 0.05) is 124 Å². The molecule has 4 aliphatic rings. The van der Waals surface area contributed by atoms with E-state index in [2.05, 4.69) is 57.2 Å². The molecule has 2 aromatic carbocycles.